The number of carboxylic acid groups (broad SMARTS) is 1. The summed E-state index contributed by atoms with van der Waals surface area (Å²) in [6, 6.07) is -5.13. The van der Waals surface area contributed by atoms with E-state index in [1.54, 1.807) is 0 Å². The molecule has 0 aliphatic heterocycles. The number of primary amides is 1. The second-order valence-electron chi connectivity index (χ2n) is 7.43. The van der Waals surface area contributed by atoms with Gasteiger partial charge in [-0.3, -0.25) is 24.2 Å². The molecule has 0 spiro atoms. The van der Waals surface area contributed by atoms with Crippen LogP contribution in [0.15, 0.2) is 4.99 Å². The maximum atomic E-state index is 12.7. The molecular weight excluding hydrogens is 440 g/mol. The molecule has 0 aliphatic rings. The maximum absolute atomic E-state index is 12.7. The molecule has 4 amide bonds. The number of hydrogen-bond acceptors (Lipinski definition) is 8. The van der Waals surface area contributed by atoms with E-state index < -0.39 is 59.9 Å². The van der Waals surface area contributed by atoms with E-state index in [0.717, 1.165) is 0 Å². The summed E-state index contributed by atoms with van der Waals surface area (Å²) in [6.07, 6.45) is -1.65. The van der Waals surface area contributed by atoms with E-state index in [0.29, 0.717) is 0 Å². The van der Waals surface area contributed by atoms with Gasteiger partial charge in [0, 0.05) is 13.0 Å². The number of guanidine groups is 1. The minimum absolute atomic E-state index is 0.0238. The van der Waals surface area contributed by atoms with E-state index in [9.17, 15) is 34.2 Å². The number of aliphatic carboxylic acids is 1. The zero-order valence-electron chi connectivity index (χ0n) is 18.6. The fourth-order valence-electron chi connectivity index (χ4n) is 2.54. The number of hydrogen-bond donors (Lipinski definition) is 9. The van der Waals surface area contributed by atoms with E-state index in [4.69, 9.17) is 22.9 Å². The average Bonchev–Trinajstić information content (AvgIpc) is 2.69. The summed E-state index contributed by atoms with van der Waals surface area (Å²) < 4.78 is 0. The normalized spacial score (nSPS) is 15.2. The monoisotopic (exact) mass is 474 g/mol. The molecule has 0 fully saturated rings. The first-order chi connectivity index (χ1) is 15.3. The van der Waals surface area contributed by atoms with E-state index in [1.165, 1.54) is 13.8 Å². The molecule has 33 heavy (non-hydrogen) atoms. The summed E-state index contributed by atoms with van der Waals surface area (Å²) in [5, 5.41) is 26.1. The third-order valence-electron chi connectivity index (χ3n) is 4.35. The average molecular weight is 475 g/mol. The standard InChI is InChI=1S/C18H34N8O7/c1-8(19)14(29)24-10(5-6-12(20)28)15(30)26-13(9(2)27)16(31)25-11(17(32)33)4-3-7-23-18(21)22/h8-11,13,27H,3-7,19H2,1-2H3,(H2,20,28)(H,24,29)(H,25,31)(H,26,30)(H,32,33)(H4,21,22,23). The van der Waals surface area contributed by atoms with Crippen LogP contribution in [0.25, 0.3) is 0 Å². The summed E-state index contributed by atoms with van der Waals surface area (Å²) >= 11 is 0. The molecule has 0 bridgehead atoms. The number of rotatable bonds is 15. The van der Waals surface area contributed by atoms with Gasteiger partial charge in [-0.1, -0.05) is 0 Å². The number of aliphatic imine (C=N–C) groups is 1. The van der Waals surface area contributed by atoms with Gasteiger partial charge >= 0.3 is 5.97 Å². The number of nitrogens with two attached hydrogens (primary N) is 4. The highest BCUT2D eigenvalue weighted by Crippen LogP contribution is 2.04. The summed E-state index contributed by atoms with van der Waals surface area (Å²) in [5.41, 5.74) is 20.9. The second kappa shape index (κ2) is 14.6. The maximum Gasteiger partial charge on any atom is 0.326 e. The lowest BCUT2D eigenvalue weighted by molar-refractivity contribution is -0.143. The Morgan fingerprint density at radius 3 is 1.91 bits per heavy atom. The van der Waals surface area contributed by atoms with Crippen molar-refractivity contribution in [1.29, 1.82) is 0 Å². The number of carbonyl (C=O) groups excluding carboxylic acids is 4. The topological polar surface area (TPSA) is 278 Å². The van der Waals surface area contributed by atoms with Gasteiger partial charge in [-0.05, 0) is 33.1 Å². The molecule has 0 radical (unpaired) electrons. The molecule has 0 heterocycles. The summed E-state index contributed by atoms with van der Waals surface area (Å²) in [4.78, 5) is 63.4. The van der Waals surface area contributed by atoms with Gasteiger partial charge in [0.15, 0.2) is 5.96 Å². The van der Waals surface area contributed by atoms with Crippen LogP contribution in [0.5, 0.6) is 0 Å². The van der Waals surface area contributed by atoms with Gasteiger partial charge in [0.2, 0.25) is 23.6 Å². The summed E-state index contributed by atoms with van der Waals surface area (Å²) in [6.45, 7) is 2.72. The number of amides is 4. The van der Waals surface area contributed by atoms with Crippen molar-refractivity contribution in [2.75, 3.05) is 6.54 Å². The fourth-order valence-corrected chi connectivity index (χ4v) is 2.54. The fraction of sp³-hybridized carbons (Fsp3) is 0.667. The van der Waals surface area contributed by atoms with Gasteiger partial charge in [-0.25, -0.2) is 4.79 Å². The van der Waals surface area contributed by atoms with Crippen molar-refractivity contribution in [3.63, 3.8) is 0 Å². The number of nitrogens with one attached hydrogen (secondary N) is 3. The predicted molar refractivity (Wildman–Crippen MR) is 117 cm³/mol. The van der Waals surface area contributed by atoms with Crippen molar-refractivity contribution in [3.8, 4) is 0 Å². The van der Waals surface area contributed by atoms with Gasteiger partial charge in [-0.2, -0.15) is 0 Å². The van der Waals surface area contributed by atoms with Gasteiger partial charge < -0.3 is 49.1 Å². The van der Waals surface area contributed by atoms with Gasteiger partial charge in [0.05, 0.1) is 12.1 Å². The number of aliphatic hydroxyl groups excluding tert-OH is 1. The Labute approximate surface area is 190 Å². The van der Waals surface area contributed by atoms with Crippen LogP contribution in [-0.2, 0) is 24.0 Å². The summed E-state index contributed by atoms with van der Waals surface area (Å²) in [7, 11) is 0. The minimum Gasteiger partial charge on any atom is -0.480 e. The third kappa shape index (κ3) is 12.2. The molecule has 188 valence electrons. The third-order valence-corrected chi connectivity index (χ3v) is 4.35. The Morgan fingerprint density at radius 1 is 0.879 bits per heavy atom. The SMILES string of the molecule is CC(N)C(=O)NC(CCC(N)=O)C(=O)NC(C(=O)NC(CCCN=C(N)N)C(=O)O)C(C)O. The highest BCUT2D eigenvalue weighted by molar-refractivity contribution is 5.94. The predicted octanol–water partition coefficient (Wildman–Crippen LogP) is -4.43. The number of carboxylic acids is 1. The van der Waals surface area contributed by atoms with Crippen LogP contribution in [0, 0.1) is 0 Å². The highest BCUT2D eigenvalue weighted by atomic mass is 16.4. The largest absolute Gasteiger partial charge is 0.480 e. The molecule has 13 N–H and O–H groups in total. The van der Waals surface area contributed by atoms with Crippen molar-refractivity contribution in [3.05, 3.63) is 0 Å². The van der Waals surface area contributed by atoms with E-state index in [-0.39, 0.29) is 38.2 Å². The number of aliphatic hydroxyl groups is 1. The molecule has 0 aromatic carbocycles. The zero-order valence-corrected chi connectivity index (χ0v) is 18.6. The van der Waals surface area contributed by atoms with Crippen molar-refractivity contribution in [2.24, 2.45) is 27.9 Å². The van der Waals surface area contributed by atoms with Crippen LogP contribution < -0.4 is 38.9 Å². The molecule has 15 heteroatoms. The first-order valence-corrected chi connectivity index (χ1v) is 10.2. The first kappa shape index (κ1) is 29.5. The molecule has 15 nitrogen and oxygen atoms in total. The molecule has 0 rings (SSSR count). The van der Waals surface area contributed by atoms with Crippen molar-refractivity contribution in [1.82, 2.24) is 16.0 Å². The van der Waals surface area contributed by atoms with Crippen LogP contribution in [0.2, 0.25) is 0 Å². The van der Waals surface area contributed by atoms with Crippen LogP contribution >= 0.6 is 0 Å². The Balaban J connectivity index is 5.32. The number of nitrogens with zero attached hydrogens (tertiary/aromatic N) is 1. The van der Waals surface area contributed by atoms with Gasteiger partial charge in [0.25, 0.3) is 0 Å². The molecule has 5 unspecified atom stereocenters. The van der Waals surface area contributed by atoms with Gasteiger partial charge in [0.1, 0.15) is 18.1 Å². The van der Waals surface area contributed by atoms with E-state index >= 15 is 0 Å². The lowest BCUT2D eigenvalue weighted by Gasteiger charge is -2.26. The lowest BCUT2D eigenvalue weighted by atomic mass is 10.1. The molecule has 0 aromatic heterocycles. The molecular formula is C18H34N8O7. The second-order valence-corrected chi connectivity index (χ2v) is 7.43. The summed E-state index contributed by atoms with van der Waals surface area (Å²) in [5.74, 6) is -4.79. The highest BCUT2D eigenvalue weighted by Gasteiger charge is 2.32. The first-order valence-electron chi connectivity index (χ1n) is 10.2. The minimum atomic E-state index is -1.56. The molecule has 5 atom stereocenters. The van der Waals surface area contributed by atoms with E-state index in [2.05, 4.69) is 20.9 Å². The van der Waals surface area contributed by atoms with Crippen molar-refractivity contribution in [2.45, 2.75) is 69.8 Å². The Kier molecular flexibility index (Phi) is 13.0. The Bertz CT molecular complexity index is 737. The quantitative estimate of drug-likeness (QED) is 0.0623. The zero-order chi connectivity index (χ0) is 25.7. The molecule has 0 saturated carbocycles. The molecule has 0 aromatic rings. The van der Waals surface area contributed by atoms with Gasteiger partial charge in [-0.15, -0.1) is 0 Å². The van der Waals surface area contributed by atoms with Crippen molar-refractivity contribution < 1.29 is 34.2 Å². The lowest BCUT2D eigenvalue weighted by Crippen LogP contribution is -2.59. The Hall–Kier alpha value is -3.46. The number of carbonyl (C=O) groups is 5. The Morgan fingerprint density at radius 2 is 1.45 bits per heavy atom. The molecule has 0 saturated heterocycles. The van der Waals surface area contributed by atoms with Crippen molar-refractivity contribution >= 4 is 35.6 Å². The molecule has 0 aliphatic carbocycles. The van der Waals surface area contributed by atoms with Crippen LogP contribution in [-0.4, -0.2) is 82.6 Å². The van der Waals surface area contributed by atoms with Crippen LogP contribution in [0.3, 0.4) is 0 Å². The smallest absolute Gasteiger partial charge is 0.326 e. The van der Waals surface area contributed by atoms with E-state index in [1.807, 2.05) is 0 Å². The van der Waals surface area contributed by atoms with Crippen LogP contribution in [0.1, 0.15) is 39.5 Å². The van der Waals surface area contributed by atoms with Crippen LogP contribution in [0.4, 0.5) is 0 Å².